The summed E-state index contributed by atoms with van der Waals surface area (Å²) in [5, 5.41) is 9.11. The molecular weight excluding hydrogens is 244 g/mol. The molecule has 1 aromatic rings. The van der Waals surface area contributed by atoms with Crippen LogP contribution in [0.1, 0.15) is 82.3 Å². The van der Waals surface area contributed by atoms with Crippen LogP contribution in [0.15, 0.2) is 24.3 Å². The fraction of sp³-hybridized carbons (Fsp3) is 0.684. The molecule has 1 aliphatic carbocycles. The molecule has 0 spiro atoms. The number of aliphatic hydroxyl groups excluding tert-OH is 1. The third-order valence-corrected chi connectivity index (χ3v) is 4.86. The predicted molar refractivity (Wildman–Crippen MR) is 85.9 cm³/mol. The van der Waals surface area contributed by atoms with E-state index in [1.54, 1.807) is 0 Å². The Morgan fingerprint density at radius 2 is 1.50 bits per heavy atom. The quantitative estimate of drug-likeness (QED) is 0.570. The van der Waals surface area contributed by atoms with Gasteiger partial charge in [-0.15, -0.1) is 0 Å². The van der Waals surface area contributed by atoms with E-state index >= 15 is 0 Å². The largest absolute Gasteiger partial charge is 0.392 e. The van der Waals surface area contributed by atoms with Crippen molar-refractivity contribution in [2.75, 3.05) is 0 Å². The van der Waals surface area contributed by atoms with Crippen LogP contribution in [-0.4, -0.2) is 5.11 Å². The lowest BCUT2D eigenvalue weighted by Gasteiger charge is -2.16. The van der Waals surface area contributed by atoms with Crippen molar-refractivity contribution in [3.05, 3.63) is 35.4 Å². The first-order valence-corrected chi connectivity index (χ1v) is 8.51. The molecule has 0 saturated heterocycles. The number of hydrogen-bond donors (Lipinski definition) is 1. The maximum Gasteiger partial charge on any atom is 0.0681 e. The fourth-order valence-electron chi connectivity index (χ4n) is 3.22. The van der Waals surface area contributed by atoms with E-state index in [2.05, 4.69) is 31.2 Å². The highest BCUT2D eigenvalue weighted by Gasteiger charge is 2.43. The fourth-order valence-corrected chi connectivity index (χ4v) is 3.22. The van der Waals surface area contributed by atoms with Gasteiger partial charge in [-0.3, -0.25) is 0 Å². The minimum absolute atomic E-state index is 0.158. The Labute approximate surface area is 124 Å². The van der Waals surface area contributed by atoms with Crippen LogP contribution in [0.2, 0.25) is 0 Å². The van der Waals surface area contributed by atoms with Crippen LogP contribution in [0, 0.1) is 0 Å². The van der Waals surface area contributed by atoms with Crippen molar-refractivity contribution in [3.8, 4) is 0 Å². The Morgan fingerprint density at radius 1 is 0.900 bits per heavy atom. The summed E-state index contributed by atoms with van der Waals surface area (Å²) in [6, 6.07) is 8.64. The zero-order valence-electron chi connectivity index (χ0n) is 13.0. The predicted octanol–water partition coefficient (Wildman–Crippen LogP) is 5.35. The smallest absolute Gasteiger partial charge is 0.0681 e. The highest BCUT2D eigenvalue weighted by atomic mass is 16.3. The second kappa shape index (κ2) is 7.83. The van der Waals surface area contributed by atoms with Gasteiger partial charge in [0.05, 0.1) is 6.61 Å². The summed E-state index contributed by atoms with van der Waals surface area (Å²) in [6.07, 6.45) is 13.9. The third kappa shape index (κ3) is 4.34. The average molecular weight is 274 g/mol. The van der Waals surface area contributed by atoms with Crippen LogP contribution >= 0.6 is 0 Å². The Kier molecular flexibility index (Phi) is 6.09. The zero-order valence-corrected chi connectivity index (χ0v) is 13.0. The van der Waals surface area contributed by atoms with Crippen LogP contribution in [0.5, 0.6) is 0 Å². The highest BCUT2D eigenvalue weighted by molar-refractivity contribution is 5.33. The van der Waals surface area contributed by atoms with Crippen molar-refractivity contribution in [1.29, 1.82) is 0 Å². The molecule has 1 fully saturated rings. The molecule has 20 heavy (non-hydrogen) atoms. The van der Waals surface area contributed by atoms with Crippen molar-refractivity contribution in [2.45, 2.75) is 83.2 Å². The summed E-state index contributed by atoms with van der Waals surface area (Å²) in [5.41, 5.74) is 3.03. The van der Waals surface area contributed by atoms with Crippen molar-refractivity contribution >= 4 is 0 Å². The molecule has 0 atom stereocenters. The van der Waals surface area contributed by atoms with Crippen molar-refractivity contribution in [1.82, 2.24) is 0 Å². The van der Waals surface area contributed by atoms with Gasteiger partial charge in [0, 0.05) is 0 Å². The van der Waals surface area contributed by atoms with Crippen LogP contribution in [-0.2, 0) is 12.0 Å². The molecule has 0 radical (unpaired) electrons. The van der Waals surface area contributed by atoms with E-state index in [1.165, 1.54) is 69.8 Å². The number of aliphatic hydroxyl groups is 1. The van der Waals surface area contributed by atoms with Gasteiger partial charge in [-0.25, -0.2) is 0 Å². The lowest BCUT2D eigenvalue weighted by Crippen LogP contribution is -2.06. The molecule has 0 bridgehead atoms. The van der Waals surface area contributed by atoms with Crippen molar-refractivity contribution in [2.24, 2.45) is 0 Å². The molecule has 0 unspecified atom stereocenters. The Bertz CT molecular complexity index is 375. The van der Waals surface area contributed by atoms with E-state index in [9.17, 15) is 0 Å². The maximum absolute atomic E-state index is 9.11. The van der Waals surface area contributed by atoms with E-state index in [0.717, 1.165) is 5.56 Å². The number of hydrogen-bond acceptors (Lipinski definition) is 1. The summed E-state index contributed by atoms with van der Waals surface area (Å²) in [6.45, 7) is 2.43. The Hall–Kier alpha value is -0.820. The normalized spacial score (nSPS) is 16.3. The van der Waals surface area contributed by atoms with Gasteiger partial charge in [0.25, 0.3) is 0 Å². The summed E-state index contributed by atoms with van der Waals surface area (Å²) in [7, 11) is 0. The standard InChI is InChI=1S/C19H30O/c1-2-3-4-5-6-7-8-13-19(14-15-19)18-11-9-17(16-20)10-12-18/h9-12,20H,2-8,13-16H2,1H3. The average Bonchev–Trinajstić information content (AvgIpc) is 3.28. The lowest BCUT2D eigenvalue weighted by atomic mass is 9.89. The minimum Gasteiger partial charge on any atom is -0.392 e. The van der Waals surface area contributed by atoms with Gasteiger partial charge in [0.1, 0.15) is 0 Å². The number of benzene rings is 1. The van der Waals surface area contributed by atoms with Crippen LogP contribution < -0.4 is 0 Å². The zero-order chi connectivity index (χ0) is 14.3. The summed E-state index contributed by atoms with van der Waals surface area (Å²) in [4.78, 5) is 0. The molecule has 0 amide bonds. The van der Waals surface area contributed by atoms with Gasteiger partial charge in [0.2, 0.25) is 0 Å². The first-order chi connectivity index (χ1) is 9.80. The van der Waals surface area contributed by atoms with E-state index in [0.29, 0.717) is 5.41 Å². The molecule has 1 aliphatic rings. The SMILES string of the molecule is CCCCCCCCCC1(c2ccc(CO)cc2)CC1. The van der Waals surface area contributed by atoms with Crippen LogP contribution in [0.25, 0.3) is 0 Å². The number of unbranched alkanes of at least 4 members (excludes halogenated alkanes) is 6. The first-order valence-electron chi connectivity index (χ1n) is 8.51. The molecule has 0 heterocycles. The summed E-state index contributed by atoms with van der Waals surface area (Å²) >= 11 is 0. The second-order valence-corrected chi connectivity index (χ2v) is 6.51. The van der Waals surface area contributed by atoms with Crippen molar-refractivity contribution < 1.29 is 5.11 Å². The first kappa shape index (κ1) is 15.6. The third-order valence-electron chi connectivity index (χ3n) is 4.86. The summed E-state index contributed by atoms with van der Waals surface area (Å²) in [5.74, 6) is 0. The monoisotopic (exact) mass is 274 g/mol. The van der Waals surface area contributed by atoms with E-state index in [-0.39, 0.29) is 6.61 Å². The Balaban J connectivity index is 1.69. The second-order valence-electron chi connectivity index (χ2n) is 6.51. The minimum atomic E-state index is 0.158. The molecule has 1 nitrogen and oxygen atoms in total. The van der Waals surface area contributed by atoms with Crippen LogP contribution in [0.3, 0.4) is 0 Å². The molecule has 0 aromatic heterocycles. The summed E-state index contributed by atoms with van der Waals surface area (Å²) < 4.78 is 0. The molecule has 1 aromatic carbocycles. The topological polar surface area (TPSA) is 20.2 Å². The lowest BCUT2D eigenvalue weighted by molar-refractivity contribution is 0.282. The van der Waals surface area contributed by atoms with Gasteiger partial charge in [0.15, 0.2) is 0 Å². The van der Waals surface area contributed by atoms with E-state index in [1.807, 2.05) is 0 Å². The maximum atomic E-state index is 9.11. The Morgan fingerprint density at radius 3 is 2.05 bits per heavy atom. The molecule has 112 valence electrons. The molecule has 2 rings (SSSR count). The molecule has 1 saturated carbocycles. The van der Waals surface area contributed by atoms with Gasteiger partial charge >= 0.3 is 0 Å². The molecular formula is C19H30O. The van der Waals surface area contributed by atoms with E-state index < -0.39 is 0 Å². The molecule has 0 aliphatic heterocycles. The highest BCUT2D eigenvalue weighted by Crippen LogP contribution is 2.52. The van der Waals surface area contributed by atoms with Gasteiger partial charge in [-0.05, 0) is 35.8 Å². The van der Waals surface area contributed by atoms with Gasteiger partial charge < -0.3 is 5.11 Å². The van der Waals surface area contributed by atoms with E-state index in [4.69, 9.17) is 5.11 Å². The van der Waals surface area contributed by atoms with Crippen molar-refractivity contribution in [3.63, 3.8) is 0 Å². The molecule has 1 heteroatoms. The van der Waals surface area contributed by atoms with Gasteiger partial charge in [-0.2, -0.15) is 0 Å². The van der Waals surface area contributed by atoms with Gasteiger partial charge in [-0.1, -0.05) is 76.1 Å². The number of rotatable bonds is 10. The van der Waals surface area contributed by atoms with Crippen LogP contribution in [0.4, 0.5) is 0 Å². The molecule has 1 N–H and O–H groups in total.